The van der Waals surface area contributed by atoms with Gasteiger partial charge in [0.15, 0.2) is 0 Å². The van der Waals surface area contributed by atoms with Crippen molar-refractivity contribution in [3.05, 3.63) is 17.5 Å². The van der Waals surface area contributed by atoms with Crippen molar-refractivity contribution in [2.24, 2.45) is 5.92 Å². The lowest BCUT2D eigenvalue weighted by Gasteiger charge is -2.41. The summed E-state index contributed by atoms with van der Waals surface area (Å²) >= 11 is 0. The standard InChI is InChI=1S/C17H24N4O4/c1-11-9-12(2)21(19-11)6-3-15(23)20-7-4-17(5-8-20)13(16(24)25)10-14(22)18-17/h9,13H,3-8,10H2,1-2H3,(H,18,22)(H,24,25). The van der Waals surface area contributed by atoms with Gasteiger partial charge in [-0.05, 0) is 32.8 Å². The van der Waals surface area contributed by atoms with Gasteiger partial charge in [-0.3, -0.25) is 19.1 Å². The van der Waals surface area contributed by atoms with Gasteiger partial charge >= 0.3 is 5.97 Å². The summed E-state index contributed by atoms with van der Waals surface area (Å²) in [5, 5.41) is 16.6. The number of carboxylic acids is 1. The SMILES string of the molecule is Cc1cc(C)n(CCC(=O)N2CCC3(CC2)NC(=O)CC3C(=O)O)n1. The predicted octanol–water partition coefficient (Wildman–Crippen LogP) is 0.472. The van der Waals surface area contributed by atoms with E-state index in [1.54, 1.807) is 4.90 Å². The van der Waals surface area contributed by atoms with Gasteiger partial charge in [-0.25, -0.2) is 0 Å². The minimum atomic E-state index is -0.942. The summed E-state index contributed by atoms with van der Waals surface area (Å²) in [4.78, 5) is 37.3. The molecule has 2 N–H and O–H groups in total. The largest absolute Gasteiger partial charge is 0.481 e. The molecule has 0 bridgehead atoms. The first-order valence-electron chi connectivity index (χ1n) is 8.63. The number of amides is 2. The highest BCUT2D eigenvalue weighted by molar-refractivity contribution is 5.88. The van der Waals surface area contributed by atoms with Crippen LogP contribution < -0.4 is 5.32 Å². The van der Waals surface area contributed by atoms with E-state index in [9.17, 15) is 19.5 Å². The minimum absolute atomic E-state index is 0.0290. The van der Waals surface area contributed by atoms with Crippen LogP contribution >= 0.6 is 0 Å². The molecule has 1 unspecified atom stereocenters. The second kappa shape index (κ2) is 6.50. The Labute approximate surface area is 146 Å². The average Bonchev–Trinajstić information content (AvgIpc) is 3.04. The molecule has 1 aromatic rings. The number of aromatic nitrogens is 2. The van der Waals surface area contributed by atoms with E-state index in [0.29, 0.717) is 38.9 Å². The zero-order valence-corrected chi connectivity index (χ0v) is 14.6. The first-order chi connectivity index (χ1) is 11.8. The third kappa shape index (κ3) is 3.38. The molecule has 3 rings (SSSR count). The average molecular weight is 348 g/mol. The fourth-order valence-corrected chi connectivity index (χ4v) is 4.01. The number of hydrogen-bond acceptors (Lipinski definition) is 4. The van der Waals surface area contributed by atoms with Crippen LogP contribution in [0.25, 0.3) is 0 Å². The van der Waals surface area contributed by atoms with Crippen molar-refractivity contribution >= 4 is 17.8 Å². The van der Waals surface area contributed by atoms with Crippen molar-refractivity contribution in [1.82, 2.24) is 20.0 Å². The summed E-state index contributed by atoms with van der Waals surface area (Å²) in [6.07, 6.45) is 1.37. The van der Waals surface area contributed by atoms with Crippen LogP contribution in [-0.2, 0) is 20.9 Å². The van der Waals surface area contributed by atoms with E-state index in [2.05, 4.69) is 10.4 Å². The van der Waals surface area contributed by atoms with E-state index in [4.69, 9.17) is 0 Å². The maximum atomic E-state index is 12.5. The molecule has 8 nitrogen and oxygen atoms in total. The Morgan fingerprint density at radius 2 is 2.04 bits per heavy atom. The number of rotatable bonds is 4. The van der Waals surface area contributed by atoms with E-state index in [0.717, 1.165) is 11.4 Å². The molecular weight excluding hydrogens is 324 g/mol. The molecule has 8 heteroatoms. The van der Waals surface area contributed by atoms with Crippen molar-refractivity contribution in [3.63, 3.8) is 0 Å². The third-order valence-electron chi connectivity index (χ3n) is 5.39. The molecule has 25 heavy (non-hydrogen) atoms. The van der Waals surface area contributed by atoms with Gasteiger partial charge in [-0.1, -0.05) is 0 Å². The zero-order valence-electron chi connectivity index (χ0n) is 14.6. The summed E-state index contributed by atoms with van der Waals surface area (Å²) in [5.74, 6) is -1.81. The molecule has 2 aliphatic heterocycles. The topological polar surface area (TPSA) is 105 Å². The number of carbonyl (C=O) groups is 3. The van der Waals surface area contributed by atoms with Gasteiger partial charge in [0.25, 0.3) is 0 Å². The van der Waals surface area contributed by atoms with E-state index >= 15 is 0 Å². The van der Waals surface area contributed by atoms with Crippen LogP contribution in [0.2, 0.25) is 0 Å². The molecule has 1 atom stereocenters. The highest BCUT2D eigenvalue weighted by Crippen LogP contribution is 2.37. The summed E-state index contributed by atoms with van der Waals surface area (Å²) < 4.78 is 1.83. The normalized spacial score (nSPS) is 22.2. The Kier molecular flexibility index (Phi) is 4.53. The molecule has 1 spiro atoms. The lowest BCUT2D eigenvalue weighted by Crippen LogP contribution is -2.56. The summed E-state index contributed by atoms with van der Waals surface area (Å²) in [5.41, 5.74) is 1.26. The highest BCUT2D eigenvalue weighted by atomic mass is 16.4. The van der Waals surface area contributed by atoms with Crippen LogP contribution in [0.3, 0.4) is 0 Å². The van der Waals surface area contributed by atoms with Crippen LogP contribution in [0.4, 0.5) is 0 Å². The third-order valence-corrected chi connectivity index (χ3v) is 5.39. The molecule has 3 heterocycles. The fraction of sp³-hybridized carbons (Fsp3) is 0.647. The molecule has 1 aromatic heterocycles. The number of nitrogens with one attached hydrogen (secondary N) is 1. The number of nitrogens with zero attached hydrogens (tertiary/aromatic N) is 3. The molecule has 2 saturated heterocycles. The van der Waals surface area contributed by atoms with Crippen LogP contribution in [0, 0.1) is 19.8 Å². The van der Waals surface area contributed by atoms with Gasteiger partial charge in [0.2, 0.25) is 11.8 Å². The molecule has 2 amide bonds. The molecular formula is C17H24N4O4. The van der Waals surface area contributed by atoms with Crippen molar-refractivity contribution in [2.45, 2.75) is 51.6 Å². The Balaban J connectivity index is 1.56. The highest BCUT2D eigenvalue weighted by Gasteiger charge is 2.51. The van der Waals surface area contributed by atoms with Gasteiger partial charge in [-0.15, -0.1) is 0 Å². The molecule has 0 radical (unpaired) electrons. The molecule has 0 aromatic carbocycles. The van der Waals surface area contributed by atoms with Crippen LogP contribution in [0.5, 0.6) is 0 Å². The van der Waals surface area contributed by atoms with Gasteiger partial charge in [0.05, 0.1) is 17.2 Å². The number of carbonyl (C=O) groups excluding carboxylic acids is 2. The minimum Gasteiger partial charge on any atom is -0.481 e. The molecule has 136 valence electrons. The summed E-state index contributed by atoms with van der Waals surface area (Å²) in [7, 11) is 0. The first-order valence-corrected chi connectivity index (χ1v) is 8.63. The van der Waals surface area contributed by atoms with Crippen LogP contribution in [0.1, 0.15) is 37.1 Å². The van der Waals surface area contributed by atoms with E-state index in [1.807, 2.05) is 24.6 Å². The second-order valence-corrected chi connectivity index (χ2v) is 7.08. The molecule has 0 saturated carbocycles. The summed E-state index contributed by atoms with van der Waals surface area (Å²) in [6.45, 7) is 5.36. The van der Waals surface area contributed by atoms with E-state index < -0.39 is 17.4 Å². The van der Waals surface area contributed by atoms with E-state index in [-0.39, 0.29) is 18.2 Å². The zero-order chi connectivity index (χ0) is 18.2. The van der Waals surface area contributed by atoms with Crippen LogP contribution in [-0.4, -0.2) is 56.2 Å². The number of aliphatic carboxylic acids is 1. The van der Waals surface area contributed by atoms with Gasteiger partial charge < -0.3 is 15.3 Å². The molecule has 0 aliphatic carbocycles. The summed E-state index contributed by atoms with van der Waals surface area (Å²) in [6, 6.07) is 1.98. The van der Waals surface area contributed by atoms with Crippen molar-refractivity contribution < 1.29 is 19.5 Å². The molecule has 2 fully saturated rings. The second-order valence-electron chi connectivity index (χ2n) is 7.08. The maximum absolute atomic E-state index is 12.5. The Morgan fingerprint density at radius 3 is 2.60 bits per heavy atom. The smallest absolute Gasteiger partial charge is 0.309 e. The van der Waals surface area contributed by atoms with Gasteiger partial charge in [0, 0.05) is 38.2 Å². The maximum Gasteiger partial charge on any atom is 0.309 e. The molecule has 2 aliphatic rings. The van der Waals surface area contributed by atoms with Crippen molar-refractivity contribution in [2.75, 3.05) is 13.1 Å². The Bertz CT molecular complexity index is 704. The number of piperidine rings is 1. The van der Waals surface area contributed by atoms with Gasteiger partial charge in [0.1, 0.15) is 0 Å². The van der Waals surface area contributed by atoms with Gasteiger partial charge in [-0.2, -0.15) is 5.10 Å². The fourth-order valence-electron chi connectivity index (χ4n) is 4.01. The number of aryl methyl sites for hydroxylation is 3. The number of likely N-dealkylation sites (tertiary alicyclic amines) is 1. The van der Waals surface area contributed by atoms with E-state index in [1.165, 1.54) is 0 Å². The Morgan fingerprint density at radius 1 is 1.36 bits per heavy atom. The quantitative estimate of drug-likeness (QED) is 0.823. The van der Waals surface area contributed by atoms with Crippen LogP contribution in [0.15, 0.2) is 6.07 Å². The number of carboxylic acid groups (broad SMARTS) is 1. The number of hydrogen-bond donors (Lipinski definition) is 2. The lowest BCUT2D eigenvalue weighted by molar-refractivity contribution is -0.145. The monoisotopic (exact) mass is 348 g/mol. The van der Waals surface area contributed by atoms with Crippen molar-refractivity contribution in [1.29, 1.82) is 0 Å². The Hall–Kier alpha value is -2.38. The predicted molar refractivity (Wildman–Crippen MR) is 88.7 cm³/mol. The first kappa shape index (κ1) is 17.4. The lowest BCUT2D eigenvalue weighted by atomic mass is 9.77. The van der Waals surface area contributed by atoms with Crippen molar-refractivity contribution in [3.8, 4) is 0 Å².